The highest BCUT2D eigenvalue weighted by atomic mass is 16.5. The SMILES string of the molecule is COc1ccc2ccc(OC)c(CC3CC3)c2c1. The van der Waals surface area contributed by atoms with Crippen molar-refractivity contribution in [2.45, 2.75) is 19.3 Å². The second kappa shape index (κ2) is 4.52. The van der Waals surface area contributed by atoms with Crippen molar-refractivity contribution in [3.8, 4) is 11.5 Å². The predicted octanol–water partition coefficient (Wildman–Crippen LogP) is 3.81. The molecule has 2 heteroatoms. The summed E-state index contributed by atoms with van der Waals surface area (Å²) in [6.07, 6.45) is 3.82. The molecule has 1 fully saturated rings. The molecule has 0 unspecified atom stereocenters. The van der Waals surface area contributed by atoms with Gasteiger partial charge in [0, 0.05) is 5.56 Å². The van der Waals surface area contributed by atoms with E-state index in [1.807, 2.05) is 6.07 Å². The lowest BCUT2D eigenvalue weighted by Gasteiger charge is -2.12. The molecule has 0 saturated heterocycles. The smallest absolute Gasteiger partial charge is 0.122 e. The van der Waals surface area contributed by atoms with Crippen molar-refractivity contribution in [1.82, 2.24) is 0 Å². The van der Waals surface area contributed by atoms with Gasteiger partial charge in [0.1, 0.15) is 11.5 Å². The Morgan fingerprint density at radius 1 is 1.06 bits per heavy atom. The minimum absolute atomic E-state index is 0.843. The van der Waals surface area contributed by atoms with E-state index in [1.165, 1.54) is 29.2 Å². The quantitative estimate of drug-likeness (QED) is 0.811. The fraction of sp³-hybridized carbons (Fsp3) is 0.375. The maximum atomic E-state index is 5.51. The monoisotopic (exact) mass is 242 g/mol. The highest BCUT2D eigenvalue weighted by Crippen LogP contribution is 2.39. The second-order valence-electron chi connectivity index (χ2n) is 4.98. The molecule has 0 aromatic heterocycles. The topological polar surface area (TPSA) is 18.5 Å². The van der Waals surface area contributed by atoms with E-state index in [-0.39, 0.29) is 0 Å². The number of benzene rings is 2. The molecule has 2 nitrogen and oxygen atoms in total. The van der Waals surface area contributed by atoms with Crippen LogP contribution in [0.4, 0.5) is 0 Å². The molecule has 2 aromatic carbocycles. The number of hydrogen-bond donors (Lipinski definition) is 0. The van der Waals surface area contributed by atoms with E-state index in [1.54, 1.807) is 14.2 Å². The van der Waals surface area contributed by atoms with Crippen molar-refractivity contribution in [2.75, 3.05) is 14.2 Å². The van der Waals surface area contributed by atoms with Crippen LogP contribution < -0.4 is 9.47 Å². The van der Waals surface area contributed by atoms with Gasteiger partial charge in [0.25, 0.3) is 0 Å². The summed E-state index contributed by atoms with van der Waals surface area (Å²) in [6, 6.07) is 10.4. The van der Waals surface area contributed by atoms with E-state index in [9.17, 15) is 0 Å². The normalized spacial score (nSPS) is 14.8. The summed E-state index contributed by atoms with van der Waals surface area (Å²) in [7, 11) is 3.46. The lowest BCUT2D eigenvalue weighted by molar-refractivity contribution is 0.409. The largest absolute Gasteiger partial charge is 0.497 e. The van der Waals surface area contributed by atoms with Crippen molar-refractivity contribution in [2.24, 2.45) is 5.92 Å². The van der Waals surface area contributed by atoms with E-state index in [0.29, 0.717) is 0 Å². The lowest BCUT2D eigenvalue weighted by atomic mass is 9.99. The minimum atomic E-state index is 0.843. The van der Waals surface area contributed by atoms with Crippen LogP contribution in [-0.4, -0.2) is 14.2 Å². The van der Waals surface area contributed by atoms with Gasteiger partial charge in [-0.3, -0.25) is 0 Å². The van der Waals surface area contributed by atoms with Gasteiger partial charge in [-0.15, -0.1) is 0 Å². The maximum absolute atomic E-state index is 5.51. The molecule has 0 spiro atoms. The predicted molar refractivity (Wildman–Crippen MR) is 73.5 cm³/mol. The summed E-state index contributed by atoms with van der Waals surface area (Å²) in [5.74, 6) is 2.76. The zero-order valence-corrected chi connectivity index (χ0v) is 10.9. The average Bonchev–Trinajstić information content (AvgIpc) is 3.22. The molecule has 0 heterocycles. The number of ether oxygens (including phenoxy) is 2. The van der Waals surface area contributed by atoms with Crippen LogP contribution in [0.2, 0.25) is 0 Å². The zero-order chi connectivity index (χ0) is 12.5. The molecule has 2 aromatic rings. The fourth-order valence-electron chi connectivity index (χ4n) is 2.48. The van der Waals surface area contributed by atoms with Gasteiger partial charge in [-0.2, -0.15) is 0 Å². The van der Waals surface area contributed by atoms with Crippen LogP contribution in [0, 0.1) is 5.92 Å². The third kappa shape index (κ3) is 2.03. The molecule has 0 bridgehead atoms. The third-order valence-electron chi connectivity index (χ3n) is 3.71. The van der Waals surface area contributed by atoms with Gasteiger partial charge >= 0.3 is 0 Å². The van der Waals surface area contributed by atoms with Crippen LogP contribution in [-0.2, 0) is 6.42 Å². The molecule has 0 atom stereocenters. The summed E-state index contributed by atoms with van der Waals surface area (Å²) in [5.41, 5.74) is 1.33. The van der Waals surface area contributed by atoms with Crippen molar-refractivity contribution in [1.29, 1.82) is 0 Å². The Balaban J connectivity index is 2.17. The molecular formula is C16H18O2. The second-order valence-corrected chi connectivity index (χ2v) is 4.98. The first-order valence-corrected chi connectivity index (χ1v) is 6.45. The Hall–Kier alpha value is -1.70. The number of rotatable bonds is 4. The molecule has 0 radical (unpaired) electrons. The molecule has 3 rings (SSSR count). The van der Waals surface area contributed by atoms with E-state index >= 15 is 0 Å². The summed E-state index contributed by atoms with van der Waals surface area (Å²) < 4.78 is 10.8. The minimum Gasteiger partial charge on any atom is -0.497 e. The van der Waals surface area contributed by atoms with Crippen LogP contribution in [0.3, 0.4) is 0 Å². The molecule has 1 saturated carbocycles. The zero-order valence-electron chi connectivity index (χ0n) is 10.9. The molecule has 0 aliphatic heterocycles. The first-order valence-electron chi connectivity index (χ1n) is 6.45. The first-order chi connectivity index (χ1) is 8.81. The van der Waals surface area contributed by atoms with Gasteiger partial charge in [0.05, 0.1) is 14.2 Å². The van der Waals surface area contributed by atoms with Crippen LogP contribution in [0.25, 0.3) is 10.8 Å². The number of fused-ring (bicyclic) bond motifs is 1. The van der Waals surface area contributed by atoms with Crippen molar-refractivity contribution >= 4 is 10.8 Å². The molecule has 1 aliphatic carbocycles. The first kappa shape index (κ1) is 11.4. The molecule has 1 aliphatic rings. The number of hydrogen-bond acceptors (Lipinski definition) is 2. The van der Waals surface area contributed by atoms with Crippen LogP contribution >= 0.6 is 0 Å². The van der Waals surface area contributed by atoms with Gasteiger partial charge < -0.3 is 9.47 Å². The molecule has 94 valence electrons. The average molecular weight is 242 g/mol. The van der Waals surface area contributed by atoms with E-state index in [4.69, 9.17) is 9.47 Å². The Bertz CT molecular complexity index is 565. The standard InChI is InChI=1S/C16H18O2/c1-17-13-7-5-12-6-8-16(18-2)15(14(12)10-13)9-11-3-4-11/h5-8,10-11H,3-4,9H2,1-2H3. The van der Waals surface area contributed by atoms with Gasteiger partial charge in [0.15, 0.2) is 0 Å². The van der Waals surface area contributed by atoms with Crippen molar-refractivity contribution in [3.63, 3.8) is 0 Å². The van der Waals surface area contributed by atoms with E-state index in [0.717, 1.165) is 23.8 Å². The fourth-order valence-corrected chi connectivity index (χ4v) is 2.48. The summed E-state index contributed by atoms with van der Waals surface area (Å²) >= 11 is 0. The molecule has 0 amide bonds. The van der Waals surface area contributed by atoms with Crippen molar-refractivity contribution < 1.29 is 9.47 Å². The van der Waals surface area contributed by atoms with Crippen LogP contribution in [0.15, 0.2) is 30.3 Å². The van der Waals surface area contributed by atoms with E-state index in [2.05, 4.69) is 24.3 Å². The Kier molecular flexibility index (Phi) is 2.86. The Morgan fingerprint density at radius 3 is 2.50 bits per heavy atom. The van der Waals surface area contributed by atoms with Crippen LogP contribution in [0.5, 0.6) is 11.5 Å². The molecule has 0 N–H and O–H groups in total. The van der Waals surface area contributed by atoms with Gasteiger partial charge in [0.2, 0.25) is 0 Å². The van der Waals surface area contributed by atoms with Gasteiger partial charge in [-0.25, -0.2) is 0 Å². The highest BCUT2D eigenvalue weighted by molar-refractivity contribution is 5.89. The van der Waals surface area contributed by atoms with Crippen LogP contribution in [0.1, 0.15) is 18.4 Å². The lowest BCUT2D eigenvalue weighted by Crippen LogP contribution is -1.96. The number of methoxy groups -OCH3 is 2. The summed E-state index contributed by atoms with van der Waals surface area (Å²) in [4.78, 5) is 0. The Morgan fingerprint density at radius 2 is 1.83 bits per heavy atom. The molecular weight excluding hydrogens is 224 g/mol. The maximum Gasteiger partial charge on any atom is 0.122 e. The highest BCUT2D eigenvalue weighted by Gasteiger charge is 2.24. The Labute approximate surface area is 108 Å². The van der Waals surface area contributed by atoms with Crippen molar-refractivity contribution in [3.05, 3.63) is 35.9 Å². The third-order valence-corrected chi connectivity index (χ3v) is 3.71. The van der Waals surface area contributed by atoms with Gasteiger partial charge in [-0.1, -0.05) is 12.1 Å². The summed E-state index contributed by atoms with van der Waals surface area (Å²) in [5, 5.41) is 2.52. The van der Waals surface area contributed by atoms with Gasteiger partial charge in [-0.05, 0) is 54.2 Å². The summed E-state index contributed by atoms with van der Waals surface area (Å²) in [6.45, 7) is 0. The van der Waals surface area contributed by atoms with E-state index < -0.39 is 0 Å². The molecule has 18 heavy (non-hydrogen) atoms.